The lowest BCUT2D eigenvalue weighted by Crippen LogP contribution is -1.96. The smallest absolute Gasteiger partial charge is 0.100 e. The summed E-state index contributed by atoms with van der Waals surface area (Å²) in [6.45, 7) is 4.91. The van der Waals surface area contributed by atoms with Gasteiger partial charge in [0, 0.05) is 12.7 Å². The molecule has 4 heteroatoms. The van der Waals surface area contributed by atoms with E-state index in [9.17, 15) is 0 Å². The van der Waals surface area contributed by atoms with E-state index in [4.69, 9.17) is 11.6 Å². The average molecular weight is 174 g/mol. The molecule has 0 fully saturated rings. The van der Waals surface area contributed by atoms with Crippen molar-refractivity contribution < 1.29 is 0 Å². The van der Waals surface area contributed by atoms with Crippen LogP contribution in [0.5, 0.6) is 0 Å². The molecule has 1 atom stereocenters. The number of nitrogens with zero attached hydrogens (tertiary/aromatic N) is 3. The highest BCUT2D eigenvalue weighted by atomic mass is 35.5. The Morgan fingerprint density at radius 2 is 2.45 bits per heavy atom. The third kappa shape index (κ3) is 2.19. The van der Waals surface area contributed by atoms with Gasteiger partial charge in [-0.15, -0.1) is 16.7 Å². The van der Waals surface area contributed by atoms with Crippen LogP contribution in [0.1, 0.15) is 31.3 Å². The summed E-state index contributed by atoms with van der Waals surface area (Å²) in [5.74, 6) is 0. The molecule has 0 saturated heterocycles. The topological polar surface area (TPSA) is 30.7 Å². The van der Waals surface area contributed by atoms with Gasteiger partial charge in [0.2, 0.25) is 0 Å². The number of aryl methyl sites for hydroxylation is 1. The second-order valence-corrected chi connectivity index (χ2v) is 3.18. The summed E-state index contributed by atoms with van der Waals surface area (Å²) in [6, 6.07) is 0. The molecule has 0 radical (unpaired) electrons. The Balaban J connectivity index is 2.66. The fraction of sp³-hybridized carbons (Fsp3) is 0.714. The van der Waals surface area contributed by atoms with Gasteiger partial charge in [-0.3, -0.25) is 4.68 Å². The van der Waals surface area contributed by atoms with Gasteiger partial charge in [-0.1, -0.05) is 12.1 Å². The predicted molar refractivity (Wildman–Crippen MR) is 44.6 cm³/mol. The highest BCUT2D eigenvalue weighted by Crippen LogP contribution is 2.15. The van der Waals surface area contributed by atoms with Crippen molar-refractivity contribution in [1.82, 2.24) is 15.0 Å². The minimum absolute atomic E-state index is 0.0411. The van der Waals surface area contributed by atoms with Crippen molar-refractivity contribution in [1.29, 1.82) is 0 Å². The van der Waals surface area contributed by atoms with Crippen molar-refractivity contribution in [2.24, 2.45) is 0 Å². The number of aromatic nitrogens is 3. The van der Waals surface area contributed by atoms with Crippen molar-refractivity contribution in [2.75, 3.05) is 0 Å². The lowest BCUT2D eigenvalue weighted by molar-refractivity contribution is 0.579. The average Bonchev–Trinajstić information content (AvgIpc) is 2.37. The van der Waals surface area contributed by atoms with Crippen LogP contribution in [0, 0.1) is 0 Å². The van der Waals surface area contributed by atoms with Gasteiger partial charge in [-0.25, -0.2) is 0 Å². The number of halogens is 1. The zero-order valence-corrected chi connectivity index (χ0v) is 7.54. The Bertz CT molecular complexity index is 219. The van der Waals surface area contributed by atoms with Crippen LogP contribution in [0.25, 0.3) is 0 Å². The van der Waals surface area contributed by atoms with Crippen LogP contribution in [0.2, 0.25) is 0 Å². The largest absolute Gasteiger partial charge is 0.252 e. The van der Waals surface area contributed by atoms with Crippen LogP contribution in [-0.2, 0) is 6.54 Å². The van der Waals surface area contributed by atoms with Crippen molar-refractivity contribution in [3.8, 4) is 0 Å². The van der Waals surface area contributed by atoms with Crippen LogP contribution in [0.4, 0.5) is 0 Å². The first-order chi connectivity index (χ1) is 5.24. The Morgan fingerprint density at radius 3 is 2.91 bits per heavy atom. The fourth-order valence-corrected chi connectivity index (χ4v) is 0.934. The maximum Gasteiger partial charge on any atom is 0.100 e. The molecule has 11 heavy (non-hydrogen) atoms. The summed E-state index contributed by atoms with van der Waals surface area (Å²) in [5, 5.41) is 7.78. The molecule has 0 saturated carbocycles. The quantitative estimate of drug-likeness (QED) is 0.655. The molecule has 0 spiro atoms. The van der Waals surface area contributed by atoms with Gasteiger partial charge in [-0.05, 0) is 13.3 Å². The molecular formula is C7H12ClN3. The lowest BCUT2D eigenvalue weighted by Gasteiger charge is -1.94. The fourth-order valence-electron chi connectivity index (χ4n) is 0.834. The van der Waals surface area contributed by atoms with E-state index in [2.05, 4.69) is 17.2 Å². The monoisotopic (exact) mass is 173 g/mol. The molecule has 1 aromatic rings. The minimum Gasteiger partial charge on any atom is -0.252 e. The highest BCUT2D eigenvalue weighted by Gasteiger charge is 2.04. The summed E-state index contributed by atoms with van der Waals surface area (Å²) in [4.78, 5) is 0. The zero-order valence-electron chi connectivity index (χ0n) is 6.79. The first kappa shape index (κ1) is 8.53. The molecule has 0 amide bonds. The third-order valence-corrected chi connectivity index (χ3v) is 1.64. The second kappa shape index (κ2) is 3.72. The van der Waals surface area contributed by atoms with Gasteiger partial charge in [0.15, 0.2) is 0 Å². The van der Waals surface area contributed by atoms with Gasteiger partial charge in [0.05, 0.1) is 5.38 Å². The van der Waals surface area contributed by atoms with Gasteiger partial charge in [0.25, 0.3) is 0 Å². The Kier molecular flexibility index (Phi) is 2.88. The number of alkyl halides is 1. The molecule has 0 aromatic carbocycles. The van der Waals surface area contributed by atoms with Crippen LogP contribution in [0.3, 0.4) is 0 Å². The maximum absolute atomic E-state index is 5.80. The van der Waals surface area contributed by atoms with E-state index in [-0.39, 0.29) is 5.38 Å². The standard InChI is InChI=1S/C7H12ClN3/c1-3-4-11-5-7(6(2)8)9-10-11/h5-6H,3-4H2,1-2H3. The van der Waals surface area contributed by atoms with E-state index < -0.39 is 0 Å². The predicted octanol–water partition coefficient (Wildman–Crippen LogP) is 1.99. The Morgan fingerprint density at radius 1 is 1.73 bits per heavy atom. The highest BCUT2D eigenvalue weighted by molar-refractivity contribution is 6.20. The zero-order chi connectivity index (χ0) is 8.27. The molecule has 1 heterocycles. The molecule has 1 unspecified atom stereocenters. The van der Waals surface area contributed by atoms with E-state index in [1.807, 2.05) is 17.8 Å². The van der Waals surface area contributed by atoms with Gasteiger partial charge < -0.3 is 0 Å². The Labute approximate surface area is 71.4 Å². The Hall–Kier alpha value is -0.570. The first-order valence-electron chi connectivity index (χ1n) is 3.78. The SMILES string of the molecule is CCCn1cc(C(C)Cl)nn1. The minimum atomic E-state index is -0.0411. The van der Waals surface area contributed by atoms with Crippen LogP contribution in [0.15, 0.2) is 6.20 Å². The lowest BCUT2D eigenvalue weighted by atomic mass is 10.4. The van der Waals surface area contributed by atoms with Crippen LogP contribution < -0.4 is 0 Å². The van der Waals surface area contributed by atoms with Crippen LogP contribution >= 0.6 is 11.6 Å². The summed E-state index contributed by atoms with van der Waals surface area (Å²) < 4.78 is 1.81. The second-order valence-electron chi connectivity index (χ2n) is 2.52. The van der Waals surface area contributed by atoms with Gasteiger partial charge in [-0.2, -0.15) is 0 Å². The molecule has 0 aliphatic rings. The number of hydrogen-bond donors (Lipinski definition) is 0. The summed E-state index contributed by atoms with van der Waals surface area (Å²) in [5.41, 5.74) is 0.847. The molecule has 62 valence electrons. The van der Waals surface area contributed by atoms with Crippen molar-refractivity contribution in [3.05, 3.63) is 11.9 Å². The van der Waals surface area contributed by atoms with E-state index >= 15 is 0 Å². The summed E-state index contributed by atoms with van der Waals surface area (Å²) in [7, 11) is 0. The maximum atomic E-state index is 5.80. The first-order valence-corrected chi connectivity index (χ1v) is 4.21. The normalized spacial score (nSPS) is 13.4. The van der Waals surface area contributed by atoms with Crippen LogP contribution in [-0.4, -0.2) is 15.0 Å². The molecular weight excluding hydrogens is 162 g/mol. The molecule has 1 aromatic heterocycles. The van der Waals surface area contributed by atoms with Crippen molar-refractivity contribution in [2.45, 2.75) is 32.2 Å². The van der Waals surface area contributed by atoms with E-state index in [1.54, 1.807) is 0 Å². The molecule has 0 aliphatic carbocycles. The van der Waals surface area contributed by atoms with Gasteiger partial charge >= 0.3 is 0 Å². The van der Waals surface area contributed by atoms with Gasteiger partial charge in [0.1, 0.15) is 5.69 Å². The van der Waals surface area contributed by atoms with Crippen molar-refractivity contribution >= 4 is 11.6 Å². The summed E-state index contributed by atoms with van der Waals surface area (Å²) in [6.07, 6.45) is 2.96. The molecule has 0 aliphatic heterocycles. The molecule has 3 nitrogen and oxygen atoms in total. The summed E-state index contributed by atoms with van der Waals surface area (Å²) >= 11 is 5.80. The van der Waals surface area contributed by atoms with E-state index in [0.717, 1.165) is 18.7 Å². The molecule has 0 N–H and O–H groups in total. The molecule has 1 rings (SSSR count). The number of rotatable bonds is 3. The van der Waals surface area contributed by atoms with E-state index in [1.165, 1.54) is 0 Å². The third-order valence-electron chi connectivity index (χ3n) is 1.42. The van der Waals surface area contributed by atoms with E-state index in [0.29, 0.717) is 0 Å². The number of hydrogen-bond acceptors (Lipinski definition) is 2. The molecule has 0 bridgehead atoms. The van der Waals surface area contributed by atoms with Crippen molar-refractivity contribution in [3.63, 3.8) is 0 Å².